The Labute approximate surface area is 106 Å². The molecular formula is C14H14N4. The monoisotopic (exact) mass is 238 g/mol. The maximum atomic E-state index is 9.25. The molecule has 1 aromatic carbocycles. The van der Waals surface area contributed by atoms with E-state index in [1.807, 2.05) is 30.3 Å². The van der Waals surface area contributed by atoms with E-state index in [0.29, 0.717) is 5.56 Å². The molecule has 90 valence electrons. The second-order valence-corrected chi connectivity index (χ2v) is 4.39. The summed E-state index contributed by atoms with van der Waals surface area (Å²) in [6, 6.07) is 12.0. The summed E-state index contributed by atoms with van der Waals surface area (Å²) in [4.78, 5) is 6.88. The van der Waals surface area contributed by atoms with Crippen molar-refractivity contribution in [3.8, 4) is 6.07 Å². The molecule has 4 nitrogen and oxygen atoms in total. The Bertz CT molecular complexity index is 609. The Balaban J connectivity index is 2.10. The fraction of sp³-hybridized carbons (Fsp3) is 0.286. The van der Waals surface area contributed by atoms with E-state index in [4.69, 9.17) is 0 Å². The first-order valence-corrected chi connectivity index (χ1v) is 6.14. The average molecular weight is 238 g/mol. The molecule has 0 amide bonds. The lowest BCUT2D eigenvalue weighted by molar-refractivity contribution is 0.585. The van der Waals surface area contributed by atoms with Crippen LogP contribution >= 0.6 is 0 Å². The van der Waals surface area contributed by atoms with Crippen LogP contribution in [0.2, 0.25) is 0 Å². The van der Waals surface area contributed by atoms with E-state index in [1.54, 1.807) is 0 Å². The molecule has 4 heteroatoms. The number of pyridine rings is 1. The smallest absolute Gasteiger partial charge is 0.130 e. The Morgan fingerprint density at radius 3 is 2.78 bits per heavy atom. The highest BCUT2D eigenvalue weighted by atomic mass is 15.2. The Hall–Kier alpha value is -2.12. The zero-order chi connectivity index (χ0) is 12.4. The lowest BCUT2D eigenvalue weighted by atomic mass is 10.1. The van der Waals surface area contributed by atoms with Gasteiger partial charge in [0.25, 0.3) is 0 Å². The van der Waals surface area contributed by atoms with Crippen LogP contribution in [0.15, 0.2) is 30.3 Å². The van der Waals surface area contributed by atoms with Crippen LogP contribution in [0.4, 0.5) is 5.82 Å². The van der Waals surface area contributed by atoms with Crippen molar-refractivity contribution in [1.29, 1.82) is 5.26 Å². The zero-order valence-electron chi connectivity index (χ0n) is 10.1. The van der Waals surface area contributed by atoms with E-state index in [0.717, 1.165) is 42.9 Å². The summed E-state index contributed by atoms with van der Waals surface area (Å²) < 4.78 is 0. The Morgan fingerprint density at radius 1 is 1.22 bits per heavy atom. The normalized spacial score (nSPS) is 15.6. The molecule has 0 atom stereocenters. The number of nitrogens with zero attached hydrogens (tertiary/aromatic N) is 3. The fourth-order valence-electron chi connectivity index (χ4n) is 2.31. The summed E-state index contributed by atoms with van der Waals surface area (Å²) >= 11 is 0. The van der Waals surface area contributed by atoms with E-state index < -0.39 is 0 Å². The van der Waals surface area contributed by atoms with Gasteiger partial charge < -0.3 is 10.2 Å². The van der Waals surface area contributed by atoms with Gasteiger partial charge in [0.15, 0.2) is 0 Å². The average Bonchev–Trinajstić information content (AvgIpc) is 2.47. The molecule has 1 aliphatic heterocycles. The first kappa shape index (κ1) is 11.0. The molecular weight excluding hydrogens is 224 g/mol. The third kappa shape index (κ3) is 1.89. The molecule has 0 unspecified atom stereocenters. The molecule has 1 N–H and O–H groups in total. The molecule has 1 aliphatic rings. The van der Waals surface area contributed by atoms with Crippen molar-refractivity contribution >= 4 is 16.7 Å². The molecule has 0 spiro atoms. The number of hydrogen-bond donors (Lipinski definition) is 1. The van der Waals surface area contributed by atoms with Crippen LogP contribution in [-0.2, 0) is 0 Å². The van der Waals surface area contributed by atoms with Crippen LogP contribution in [0.1, 0.15) is 5.56 Å². The van der Waals surface area contributed by atoms with Gasteiger partial charge in [-0.05, 0) is 12.1 Å². The van der Waals surface area contributed by atoms with Crippen LogP contribution in [0.25, 0.3) is 10.9 Å². The van der Waals surface area contributed by atoms with Gasteiger partial charge in [-0.15, -0.1) is 0 Å². The molecule has 18 heavy (non-hydrogen) atoms. The van der Waals surface area contributed by atoms with Crippen LogP contribution < -0.4 is 10.2 Å². The maximum Gasteiger partial charge on any atom is 0.130 e. The number of nitrogens with one attached hydrogen (secondary N) is 1. The summed E-state index contributed by atoms with van der Waals surface area (Å²) in [5.41, 5.74) is 1.60. The summed E-state index contributed by atoms with van der Waals surface area (Å²) in [6.45, 7) is 3.82. The van der Waals surface area contributed by atoms with E-state index in [-0.39, 0.29) is 0 Å². The SMILES string of the molecule is N#Cc1cc(N2CCNCC2)nc2ccccc12. The summed E-state index contributed by atoms with van der Waals surface area (Å²) in [6.07, 6.45) is 0. The summed E-state index contributed by atoms with van der Waals surface area (Å²) in [5.74, 6) is 0.909. The van der Waals surface area contributed by atoms with Gasteiger partial charge in [0.05, 0.1) is 17.1 Å². The molecule has 1 aromatic heterocycles. The molecule has 1 fully saturated rings. The highest BCUT2D eigenvalue weighted by Crippen LogP contribution is 2.22. The van der Waals surface area contributed by atoms with E-state index in [2.05, 4.69) is 21.3 Å². The molecule has 2 heterocycles. The summed E-state index contributed by atoms with van der Waals surface area (Å²) in [5, 5.41) is 13.5. The van der Waals surface area contributed by atoms with Gasteiger partial charge in [0, 0.05) is 31.6 Å². The predicted octanol–water partition coefficient (Wildman–Crippen LogP) is 1.52. The molecule has 2 aromatic rings. The van der Waals surface area contributed by atoms with Crippen LogP contribution in [0.5, 0.6) is 0 Å². The number of rotatable bonds is 1. The fourth-order valence-corrected chi connectivity index (χ4v) is 2.31. The number of fused-ring (bicyclic) bond motifs is 1. The van der Waals surface area contributed by atoms with Crippen molar-refractivity contribution in [1.82, 2.24) is 10.3 Å². The second kappa shape index (κ2) is 4.63. The highest BCUT2D eigenvalue weighted by molar-refractivity contribution is 5.86. The van der Waals surface area contributed by atoms with Crippen molar-refractivity contribution < 1.29 is 0 Å². The Morgan fingerprint density at radius 2 is 2.00 bits per heavy atom. The number of piperazine rings is 1. The quantitative estimate of drug-likeness (QED) is 0.818. The van der Waals surface area contributed by atoms with Crippen molar-refractivity contribution in [2.24, 2.45) is 0 Å². The lowest BCUT2D eigenvalue weighted by Crippen LogP contribution is -2.43. The Kier molecular flexibility index (Phi) is 2.83. The minimum absolute atomic E-state index is 0.703. The first-order valence-electron chi connectivity index (χ1n) is 6.14. The van der Waals surface area contributed by atoms with Crippen molar-refractivity contribution in [2.45, 2.75) is 0 Å². The van der Waals surface area contributed by atoms with Gasteiger partial charge in [-0.3, -0.25) is 0 Å². The van der Waals surface area contributed by atoms with Gasteiger partial charge in [-0.1, -0.05) is 18.2 Å². The van der Waals surface area contributed by atoms with Crippen LogP contribution in [0.3, 0.4) is 0 Å². The highest BCUT2D eigenvalue weighted by Gasteiger charge is 2.13. The van der Waals surface area contributed by atoms with E-state index in [1.165, 1.54) is 0 Å². The topological polar surface area (TPSA) is 52.0 Å². The molecule has 1 saturated heterocycles. The number of hydrogen-bond acceptors (Lipinski definition) is 4. The van der Waals surface area contributed by atoms with Gasteiger partial charge in [-0.2, -0.15) is 5.26 Å². The van der Waals surface area contributed by atoms with E-state index in [9.17, 15) is 5.26 Å². The van der Waals surface area contributed by atoms with Gasteiger partial charge in [-0.25, -0.2) is 4.98 Å². The van der Waals surface area contributed by atoms with Crippen LogP contribution in [0, 0.1) is 11.3 Å². The van der Waals surface area contributed by atoms with Gasteiger partial charge in [0.2, 0.25) is 0 Å². The molecule has 0 aliphatic carbocycles. The minimum atomic E-state index is 0.703. The molecule has 0 bridgehead atoms. The van der Waals surface area contributed by atoms with E-state index >= 15 is 0 Å². The van der Waals surface area contributed by atoms with Gasteiger partial charge >= 0.3 is 0 Å². The van der Waals surface area contributed by atoms with Crippen LogP contribution in [-0.4, -0.2) is 31.2 Å². The van der Waals surface area contributed by atoms with Gasteiger partial charge in [0.1, 0.15) is 5.82 Å². The maximum absolute atomic E-state index is 9.25. The number of benzene rings is 1. The predicted molar refractivity (Wildman–Crippen MR) is 71.5 cm³/mol. The third-order valence-corrected chi connectivity index (χ3v) is 3.26. The number of anilines is 1. The zero-order valence-corrected chi connectivity index (χ0v) is 10.1. The van der Waals surface area contributed by atoms with Crippen molar-refractivity contribution in [3.63, 3.8) is 0 Å². The summed E-state index contributed by atoms with van der Waals surface area (Å²) in [7, 11) is 0. The van der Waals surface area contributed by atoms with Crippen molar-refractivity contribution in [2.75, 3.05) is 31.1 Å². The number of nitriles is 1. The first-order chi connectivity index (χ1) is 8.88. The molecule has 0 saturated carbocycles. The molecule has 0 radical (unpaired) electrons. The second-order valence-electron chi connectivity index (χ2n) is 4.39. The standard InChI is InChI=1S/C14H14N4/c15-10-11-9-14(18-7-5-16-6-8-18)17-13-4-2-1-3-12(11)13/h1-4,9,16H,5-8H2. The third-order valence-electron chi connectivity index (χ3n) is 3.26. The largest absolute Gasteiger partial charge is 0.354 e. The lowest BCUT2D eigenvalue weighted by Gasteiger charge is -2.28. The minimum Gasteiger partial charge on any atom is -0.354 e. The number of para-hydroxylation sites is 1. The molecule has 3 rings (SSSR count). The number of aromatic nitrogens is 1. The van der Waals surface area contributed by atoms with Crippen molar-refractivity contribution in [3.05, 3.63) is 35.9 Å².